The third kappa shape index (κ3) is 3.25. The second-order valence-electron chi connectivity index (χ2n) is 8.66. The number of halogens is 1. The van der Waals surface area contributed by atoms with Gasteiger partial charge in [0.2, 0.25) is 6.79 Å². The molecule has 5 nitrogen and oxygen atoms in total. The van der Waals surface area contributed by atoms with Gasteiger partial charge < -0.3 is 19.1 Å². The number of aromatic nitrogens is 1. The molecular formula is C27H22FNO4. The van der Waals surface area contributed by atoms with Crippen LogP contribution < -0.4 is 9.47 Å². The van der Waals surface area contributed by atoms with Crippen molar-refractivity contribution in [3.63, 3.8) is 0 Å². The van der Waals surface area contributed by atoms with Crippen LogP contribution >= 0.6 is 0 Å². The van der Waals surface area contributed by atoms with Crippen molar-refractivity contribution < 1.29 is 23.8 Å². The van der Waals surface area contributed by atoms with Crippen molar-refractivity contribution in [1.82, 2.24) is 4.57 Å². The lowest BCUT2D eigenvalue weighted by molar-refractivity contribution is -0.139. The molecule has 2 aliphatic rings. The first-order valence-corrected chi connectivity index (χ1v) is 11.1. The van der Waals surface area contributed by atoms with Gasteiger partial charge in [-0.1, -0.05) is 36.4 Å². The van der Waals surface area contributed by atoms with Crippen molar-refractivity contribution >= 4 is 16.9 Å². The Morgan fingerprint density at radius 1 is 1.03 bits per heavy atom. The summed E-state index contributed by atoms with van der Waals surface area (Å²) in [5.74, 6) is 0.173. The third-order valence-electron chi connectivity index (χ3n) is 6.84. The number of fused-ring (bicyclic) bond motifs is 4. The number of carbonyl (C=O) groups is 1. The van der Waals surface area contributed by atoms with Crippen molar-refractivity contribution in [2.45, 2.75) is 31.2 Å². The zero-order valence-corrected chi connectivity index (χ0v) is 17.8. The van der Waals surface area contributed by atoms with E-state index in [4.69, 9.17) is 9.47 Å². The summed E-state index contributed by atoms with van der Waals surface area (Å²) in [6, 6.07) is 19.3. The number of rotatable bonds is 4. The number of ether oxygens (including phenoxy) is 2. The van der Waals surface area contributed by atoms with Crippen LogP contribution in [0.2, 0.25) is 0 Å². The highest BCUT2D eigenvalue weighted by Crippen LogP contribution is 2.42. The Balaban J connectivity index is 1.52. The molecule has 0 radical (unpaired) electrons. The van der Waals surface area contributed by atoms with Gasteiger partial charge in [-0.05, 0) is 72.2 Å². The van der Waals surface area contributed by atoms with Gasteiger partial charge in [-0.3, -0.25) is 0 Å². The van der Waals surface area contributed by atoms with Gasteiger partial charge in [0.05, 0.1) is 0 Å². The highest BCUT2D eigenvalue weighted by Gasteiger charge is 2.33. The van der Waals surface area contributed by atoms with Crippen LogP contribution in [-0.2, 0) is 17.6 Å². The smallest absolute Gasteiger partial charge is 0.331 e. The lowest BCUT2D eigenvalue weighted by atomic mass is 9.82. The Hall–Kier alpha value is -3.80. The van der Waals surface area contributed by atoms with Crippen LogP contribution in [0.4, 0.5) is 4.39 Å². The lowest BCUT2D eigenvalue weighted by Crippen LogP contribution is -2.24. The molecule has 0 fully saturated rings. The zero-order chi connectivity index (χ0) is 22.5. The first kappa shape index (κ1) is 19.9. The van der Waals surface area contributed by atoms with Crippen LogP contribution in [-0.4, -0.2) is 22.4 Å². The van der Waals surface area contributed by atoms with E-state index < -0.39 is 12.0 Å². The first-order chi connectivity index (χ1) is 16.1. The number of hydrogen-bond donors (Lipinski definition) is 1. The van der Waals surface area contributed by atoms with Crippen molar-refractivity contribution in [2.75, 3.05) is 6.79 Å². The van der Waals surface area contributed by atoms with Crippen molar-refractivity contribution in [2.24, 2.45) is 0 Å². The maximum absolute atomic E-state index is 14.3. The number of carboxylic acids is 1. The quantitative estimate of drug-likeness (QED) is 0.455. The summed E-state index contributed by atoms with van der Waals surface area (Å²) >= 11 is 0. The second-order valence-corrected chi connectivity index (χ2v) is 8.66. The molecular weight excluding hydrogens is 421 g/mol. The molecule has 2 unspecified atom stereocenters. The fourth-order valence-corrected chi connectivity index (χ4v) is 5.35. The second kappa shape index (κ2) is 7.66. The minimum absolute atomic E-state index is 0.124. The summed E-state index contributed by atoms with van der Waals surface area (Å²) in [5.41, 5.74) is 4.59. The molecule has 0 saturated carbocycles. The molecule has 0 spiro atoms. The van der Waals surface area contributed by atoms with Crippen molar-refractivity contribution in [3.05, 3.63) is 94.9 Å². The van der Waals surface area contributed by atoms with E-state index >= 15 is 0 Å². The Bertz CT molecular complexity index is 1380. The molecule has 166 valence electrons. The maximum atomic E-state index is 14.3. The Kier molecular flexibility index (Phi) is 4.61. The summed E-state index contributed by atoms with van der Waals surface area (Å²) in [5, 5.41) is 11.1. The van der Waals surface area contributed by atoms with E-state index in [2.05, 4.69) is 12.1 Å². The molecule has 4 aromatic rings. The highest BCUT2D eigenvalue weighted by molar-refractivity contribution is 5.89. The Morgan fingerprint density at radius 2 is 1.85 bits per heavy atom. The molecule has 6 rings (SSSR count). The molecule has 6 heteroatoms. The van der Waals surface area contributed by atoms with Crippen molar-refractivity contribution in [1.29, 1.82) is 0 Å². The van der Waals surface area contributed by atoms with Gasteiger partial charge in [0, 0.05) is 16.6 Å². The summed E-state index contributed by atoms with van der Waals surface area (Å²) in [6.07, 6.45) is 2.38. The Morgan fingerprint density at radius 3 is 2.67 bits per heavy atom. The van der Waals surface area contributed by atoms with Crippen molar-refractivity contribution in [3.8, 4) is 11.5 Å². The molecule has 0 bridgehead atoms. The minimum atomic E-state index is -0.969. The molecule has 0 amide bonds. The largest absolute Gasteiger partial charge is 0.479 e. The van der Waals surface area contributed by atoms with Gasteiger partial charge in [0.1, 0.15) is 5.82 Å². The van der Waals surface area contributed by atoms with Gasteiger partial charge in [-0.2, -0.15) is 0 Å². The first-order valence-electron chi connectivity index (χ1n) is 11.1. The highest BCUT2D eigenvalue weighted by atomic mass is 19.1. The summed E-state index contributed by atoms with van der Waals surface area (Å²) in [6.45, 7) is 0.124. The van der Waals surface area contributed by atoms with E-state index in [1.807, 2.05) is 22.8 Å². The molecule has 1 N–H and O–H groups in total. The van der Waals surface area contributed by atoms with Crippen LogP contribution in [0.15, 0.2) is 66.7 Å². The third-order valence-corrected chi connectivity index (χ3v) is 6.84. The fourth-order valence-electron chi connectivity index (χ4n) is 5.35. The standard InChI is InChI=1S/C27H22FNO4/c28-19-8-10-23-21(14-19)20-12-17(16-4-2-1-3-5-16)6-9-22(20)29(23)26(27(30)31)18-7-11-24-25(13-18)33-15-32-24/h1-5,7-8,10-11,13-14,17,26H,6,9,12,15H2,(H,30,31). The molecule has 1 aromatic heterocycles. The monoisotopic (exact) mass is 443 g/mol. The molecule has 2 atom stereocenters. The average molecular weight is 443 g/mol. The van der Waals surface area contributed by atoms with Gasteiger partial charge in [-0.15, -0.1) is 0 Å². The molecule has 0 saturated heterocycles. The van der Waals surface area contributed by atoms with Gasteiger partial charge in [0.25, 0.3) is 0 Å². The fraction of sp³-hybridized carbons (Fsp3) is 0.222. The topological polar surface area (TPSA) is 60.7 Å². The van der Waals surface area contributed by atoms with Gasteiger partial charge in [-0.25, -0.2) is 9.18 Å². The number of hydrogen-bond acceptors (Lipinski definition) is 3. The number of benzene rings is 3. The van der Waals surface area contributed by atoms with E-state index in [1.54, 1.807) is 24.3 Å². The minimum Gasteiger partial charge on any atom is -0.479 e. The zero-order valence-electron chi connectivity index (χ0n) is 17.8. The number of carboxylic acid groups (broad SMARTS) is 1. The van der Waals surface area contributed by atoms with Crippen LogP contribution in [0.25, 0.3) is 10.9 Å². The van der Waals surface area contributed by atoms with Crippen LogP contribution in [0.5, 0.6) is 11.5 Å². The predicted octanol–water partition coefficient (Wildman–Crippen LogP) is 5.46. The van der Waals surface area contributed by atoms with Gasteiger partial charge >= 0.3 is 5.97 Å². The average Bonchev–Trinajstić information content (AvgIpc) is 3.42. The Labute approximate surface area is 190 Å². The molecule has 1 aliphatic carbocycles. The summed E-state index contributed by atoms with van der Waals surface area (Å²) in [4.78, 5) is 12.6. The number of aliphatic carboxylic acids is 1. The number of nitrogens with zero attached hydrogens (tertiary/aromatic N) is 1. The lowest BCUT2D eigenvalue weighted by Gasteiger charge is -2.26. The van der Waals surface area contributed by atoms with Gasteiger partial charge in [0.15, 0.2) is 17.5 Å². The molecule has 3 aromatic carbocycles. The predicted molar refractivity (Wildman–Crippen MR) is 121 cm³/mol. The normalized spacial score (nSPS) is 17.7. The SMILES string of the molecule is O=C(O)C(c1ccc2c(c1)OCO2)n1c2c(c3cc(F)ccc31)CC(c1ccccc1)CC2. The van der Waals surface area contributed by atoms with E-state index in [1.165, 1.54) is 17.7 Å². The van der Waals surface area contributed by atoms with Crippen LogP contribution in [0.3, 0.4) is 0 Å². The summed E-state index contributed by atoms with van der Waals surface area (Å²) in [7, 11) is 0. The van der Waals surface area contributed by atoms with Crippen LogP contribution in [0.1, 0.15) is 40.8 Å². The van der Waals surface area contributed by atoms with Crippen LogP contribution in [0, 0.1) is 5.82 Å². The van der Waals surface area contributed by atoms with E-state index in [-0.39, 0.29) is 12.6 Å². The maximum Gasteiger partial charge on any atom is 0.331 e. The van der Waals surface area contributed by atoms with E-state index in [0.717, 1.165) is 41.4 Å². The molecule has 1 aliphatic heterocycles. The molecule has 33 heavy (non-hydrogen) atoms. The molecule has 2 heterocycles. The van der Waals surface area contributed by atoms with E-state index in [0.29, 0.717) is 23.0 Å². The van der Waals surface area contributed by atoms with E-state index in [9.17, 15) is 14.3 Å². The summed E-state index contributed by atoms with van der Waals surface area (Å²) < 4.78 is 27.1.